The van der Waals surface area contributed by atoms with Crippen LogP contribution in [0.15, 0.2) is 48.5 Å². The topological polar surface area (TPSA) is 96.5 Å². The maximum Gasteiger partial charge on any atom is 0.253 e. The van der Waals surface area contributed by atoms with Crippen molar-refractivity contribution in [2.45, 2.75) is 44.6 Å². The van der Waals surface area contributed by atoms with Gasteiger partial charge in [0.1, 0.15) is 5.75 Å². The smallest absolute Gasteiger partial charge is 0.253 e. The van der Waals surface area contributed by atoms with Gasteiger partial charge in [0, 0.05) is 24.6 Å². The molecule has 0 saturated heterocycles. The Morgan fingerprint density at radius 2 is 1.74 bits per heavy atom. The van der Waals surface area contributed by atoms with Crippen LogP contribution in [0.25, 0.3) is 0 Å². The highest BCUT2D eigenvalue weighted by Crippen LogP contribution is 2.20. The summed E-state index contributed by atoms with van der Waals surface area (Å²) in [7, 11) is 1.54. The number of carbonyl (C=O) groups excluding carboxylic acids is 3. The summed E-state index contributed by atoms with van der Waals surface area (Å²) >= 11 is 0. The fourth-order valence-corrected chi connectivity index (χ4v) is 3.67. The highest BCUT2D eigenvalue weighted by molar-refractivity contribution is 6.04. The van der Waals surface area contributed by atoms with E-state index in [2.05, 4.69) is 16.0 Å². The third kappa shape index (κ3) is 6.57. The Kier molecular flexibility index (Phi) is 8.04. The Morgan fingerprint density at radius 1 is 0.968 bits per heavy atom. The molecule has 3 N–H and O–H groups in total. The van der Waals surface area contributed by atoms with Crippen LogP contribution in [-0.2, 0) is 4.79 Å². The van der Waals surface area contributed by atoms with E-state index in [0.29, 0.717) is 22.6 Å². The van der Waals surface area contributed by atoms with E-state index in [1.54, 1.807) is 48.5 Å². The van der Waals surface area contributed by atoms with Crippen LogP contribution in [0.4, 0.5) is 5.69 Å². The molecule has 2 aromatic carbocycles. The Labute approximate surface area is 182 Å². The Balaban J connectivity index is 1.51. The number of nitrogens with one attached hydrogen (secondary N) is 3. The SMILES string of the molecule is COc1cccc(C(=O)NCCC(=O)Nc2ccccc2C(=O)NC2CCCCC2)c1. The minimum Gasteiger partial charge on any atom is -0.497 e. The Hall–Kier alpha value is -3.35. The molecule has 0 spiro atoms. The van der Waals surface area contributed by atoms with E-state index < -0.39 is 0 Å². The average Bonchev–Trinajstić information content (AvgIpc) is 2.80. The molecule has 7 heteroatoms. The van der Waals surface area contributed by atoms with Gasteiger partial charge < -0.3 is 20.7 Å². The van der Waals surface area contributed by atoms with Crippen molar-refractivity contribution in [2.24, 2.45) is 0 Å². The molecule has 0 aromatic heterocycles. The molecular weight excluding hydrogens is 394 g/mol. The van der Waals surface area contributed by atoms with Crippen LogP contribution in [-0.4, -0.2) is 37.4 Å². The number of hydrogen-bond acceptors (Lipinski definition) is 4. The zero-order chi connectivity index (χ0) is 22.1. The lowest BCUT2D eigenvalue weighted by Gasteiger charge is -2.23. The predicted molar refractivity (Wildman–Crippen MR) is 119 cm³/mol. The minimum atomic E-state index is -0.279. The van der Waals surface area contributed by atoms with Crippen LogP contribution in [0, 0.1) is 0 Å². The van der Waals surface area contributed by atoms with Gasteiger partial charge in [0.2, 0.25) is 5.91 Å². The minimum absolute atomic E-state index is 0.0916. The van der Waals surface area contributed by atoms with Gasteiger partial charge in [-0.05, 0) is 43.2 Å². The number of amides is 3. The number of ether oxygens (including phenoxy) is 1. The second kappa shape index (κ2) is 11.2. The van der Waals surface area contributed by atoms with Crippen LogP contribution in [0.1, 0.15) is 59.2 Å². The Morgan fingerprint density at radius 3 is 2.52 bits per heavy atom. The van der Waals surface area contributed by atoms with Gasteiger partial charge in [0.15, 0.2) is 0 Å². The van der Waals surface area contributed by atoms with E-state index in [0.717, 1.165) is 25.7 Å². The lowest BCUT2D eigenvalue weighted by Crippen LogP contribution is -2.36. The first-order valence-corrected chi connectivity index (χ1v) is 10.7. The van der Waals surface area contributed by atoms with Crippen LogP contribution in [0.5, 0.6) is 5.75 Å². The molecule has 1 fully saturated rings. The van der Waals surface area contributed by atoms with Crippen molar-refractivity contribution in [3.63, 3.8) is 0 Å². The standard InChI is InChI=1S/C24H29N3O4/c1-31-19-11-7-8-17(16-19)23(29)25-15-14-22(28)27-21-13-6-5-12-20(21)24(30)26-18-9-3-2-4-10-18/h5-8,11-13,16,18H,2-4,9-10,14-15H2,1H3,(H,25,29)(H,26,30)(H,27,28). The van der Waals surface area contributed by atoms with Gasteiger partial charge >= 0.3 is 0 Å². The first-order chi connectivity index (χ1) is 15.1. The van der Waals surface area contributed by atoms with E-state index >= 15 is 0 Å². The lowest BCUT2D eigenvalue weighted by molar-refractivity contribution is -0.116. The average molecular weight is 424 g/mol. The summed E-state index contributed by atoms with van der Waals surface area (Å²) in [5.41, 5.74) is 1.38. The maximum atomic E-state index is 12.7. The molecule has 0 radical (unpaired) electrons. The van der Waals surface area contributed by atoms with E-state index in [1.165, 1.54) is 13.5 Å². The summed E-state index contributed by atoms with van der Waals surface area (Å²) in [6.45, 7) is 0.179. The van der Waals surface area contributed by atoms with Crippen molar-refractivity contribution in [2.75, 3.05) is 19.0 Å². The third-order valence-corrected chi connectivity index (χ3v) is 5.36. The van der Waals surface area contributed by atoms with Crippen molar-refractivity contribution in [3.8, 4) is 5.75 Å². The van der Waals surface area contributed by atoms with Crippen molar-refractivity contribution < 1.29 is 19.1 Å². The van der Waals surface area contributed by atoms with Gasteiger partial charge in [0.25, 0.3) is 11.8 Å². The van der Waals surface area contributed by atoms with Gasteiger partial charge in [-0.3, -0.25) is 14.4 Å². The van der Waals surface area contributed by atoms with Gasteiger partial charge in [-0.2, -0.15) is 0 Å². The molecule has 0 bridgehead atoms. The second-order valence-corrected chi connectivity index (χ2v) is 7.64. The first kappa shape index (κ1) is 22.3. The fourth-order valence-electron chi connectivity index (χ4n) is 3.67. The highest BCUT2D eigenvalue weighted by Gasteiger charge is 2.19. The number of carbonyl (C=O) groups is 3. The molecule has 0 aliphatic heterocycles. The molecule has 0 heterocycles. The summed E-state index contributed by atoms with van der Waals surface area (Å²) < 4.78 is 5.12. The molecule has 164 valence electrons. The Bertz CT molecular complexity index is 923. The van der Waals surface area contributed by atoms with Gasteiger partial charge in [-0.1, -0.05) is 37.5 Å². The third-order valence-electron chi connectivity index (χ3n) is 5.36. The summed E-state index contributed by atoms with van der Waals surface area (Å²) in [5.74, 6) is -0.134. The van der Waals surface area contributed by atoms with Gasteiger partial charge in [-0.25, -0.2) is 0 Å². The molecule has 3 amide bonds. The van der Waals surface area contributed by atoms with Gasteiger partial charge in [0.05, 0.1) is 18.4 Å². The van der Waals surface area contributed by atoms with Crippen molar-refractivity contribution in [1.82, 2.24) is 10.6 Å². The molecule has 0 atom stereocenters. The summed E-state index contributed by atoms with van der Waals surface area (Å²) in [6.07, 6.45) is 5.55. The summed E-state index contributed by atoms with van der Waals surface area (Å²) in [6, 6.07) is 14.0. The monoisotopic (exact) mass is 423 g/mol. The van der Waals surface area contributed by atoms with Crippen molar-refractivity contribution >= 4 is 23.4 Å². The normalized spacial score (nSPS) is 13.8. The van der Waals surface area contributed by atoms with Crippen LogP contribution >= 0.6 is 0 Å². The zero-order valence-corrected chi connectivity index (χ0v) is 17.8. The molecule has 2 aromatic rings. The van der Waals surface area contributed by atoms with Crippen LogP contribution < -0.4 is 20.7 Å². The number of hydrogen-bond donors (Lipinski definition) is 3. The molecule has 7 nitrogen and oxygen atoms in total. The number of rotatable bonds is 8. The van der Waals surface area contributed by atoms with Crippen molar-refractivity contribution in [3.05, 3.63) is 59.7 Å². The highest BCUT2D eigenvalue weighted by atomic mass is 16.5. The molecule has 3 rings (SSSR count). The second-order valence-electron chi connectivity index (χ2n) is 7.64. The molecule has 1 saturated carbocycles. The largest absolute Gasteiger partial charge is 0.497 e. The summed E-state index contributed by atoms with van der Waals surface area (Å²) in [5, 5.41) is 8.59. The molecule has 1 aliphatic rings. The number of methoxy groups -OCH3 is 1. The lowest BCUT2D eigenvalue weighted by atomic mass is 9.95. The number of benzene rings is 2. The van der Waals surface area contributed by atoms with Crippen LogP contribution in [0.2, 0.25) is 0 Å². The molecule has 31 heavy (non-hydrogen) atoms. The molecule has 1 aliphatic carbocycles. The van der Waals surface area contributed by atoms with E-state index in [-0.39, 0.29) is 36.7 Å². The molecular formula is C24H29N3O4. The quantitative estimate of drug-likeness (QED) is 0.605. The van der Waals surface area contributed by atoms with E-state index in [9.17, 15) is 14.4 Å². The predicted octanol–water partition coefficient (Wildman–Crippen LogP) is 3.52. The van der Waals surface area contributed by atoms with Gasteiger partial charge in [-0.15, -0.1) is 0 Å². The summed E-state index contributed by atoms with van der Waals surface area (Å²) in [4.78, 5) is 37.3. The van der Waals surface area contributed by atoms with E-state index in [1.807, 2.05) is 0 Å². The van der Waals surface area contributed by atoms with E-state index in [4.69, 9.17) is 4.74 Å². The maximum absolute atomic E-state index is 12.7. The zero-order valence-electron chi connectivity index (χ0n) is 17.8. The first-order valence-electron chi connectivity index (χ1n) is 10.7. The van der Waals surface area contributed by atoms with Crippen LogP contribution in [0.3, 0.4) is 0 Å². The number of anilines is 1. The fraction of sp³-hybridized carbons (Fsp3) is 0.375. The van der Waals surface area contributed by atoms with Crippen molar-refractivity contribution in [1.29, 1.82) is 0 Å². The molecule has 0 unspecified atom stereocenters. The number of para-hydroxylation sites is 1.